The lowest BCUT2D eigenvalue weighted by Gasteiger charge is -2.42. The van der Waals surface area contributed by atoms with Gasteiger partial charge in [-0.15, -0.1) is 0 Å². The largest absolute Gasteiger partial charge is 0.491 e. The lowest BCUT2D eigenvalue weighted by Crippen LogP contribution is -2.57. The number of anilines is 1. The topological polar surface area (TPSA) is 93.2 Å². The fourth-order valence-corrected chi connectivity index (χ4v) is 7.83. The van der Waals surface area contributed by atoms with Crippen molar-refractivity contribution < 1.29 is 36.6 Å². The highest BCUT2D eigenvalue weighted by Gasteiger charge is 2.46. The van der Waals surface area contributed by atoms with Gasteiger partial charge in [-0.3, -0.25) is 14.8 Å². The summed E-state index contributed by atoms with van der Waals surface area (Å²) in [5.74, 6) is -5.65. The Morgan fingerprint density at radius 1 is 1.00 bits per heavy atom. The molecule has 47 heavy (non-hydrogen) atoms. The highest BCUT2D eigenvalue weighted by molar-refractivity contribution is 5.92. The van der Waals surface area contributed by atoms with E-state index in [-0.39, 0.29) is 40.6 Å². The van der Waals surface area contributed by atoms with Crippen LogP contribution in [0.1, 0.15) is 59.3 Å². The molecule has 4 aliphatic rings. The Morgan fingerprint density at radius 3 is 2.32 bits per heavy atom. The molecule has 1 amide bonds. The molecule has 0 saturated carbocycles. The van der Waals surface area contributed by atoms with Crippen LogP contribution in [0, 0.1) is 23.3 Å². The Morgan fingerprint density at radius 2 is 1.68 bits per heavy atom. The molecule has 10 nitrogen and oxygen atoms in total. The molecular formula is C33H38F4N6O4. The van der Waals surface area contributed by atoms with Crippen LogP contribution in [-0.4, -0.2) is 94.0 Å². The van der Waals surface area contributed by atoms with E-state index in [1.165, 1.54) is 6.20 Å². The number of carbonyl (C=O) groups excluding carboxylic acids is 1. The summed E-state index contributed by atoms with van der Waals surface area (Å²) in [6, 6.07) is 0.0106. The lowest BCUT2D eigenvalue weighted by atomic mass is 9.95. The van der Waals surface area contributed by atoms with E-state index in [1.807, 2.05) is 25.7 Å². The van der Waals surface area contributed by atoms with Gasteiger partial charge in [-0.25, -0.2) is 22.4 Å². The SMILES string of the molecule is COc1c(F)cc(F)c(-c2ncc3c(N4CC5CCC(C4)N5C(=O)OC(C)(C)C)nc(OCC45CCCN4CCC5)nc3c2F)c1F. The smallest absolute Gasteiger partial charge is 0.410 e. The number of carbonyl (C=O) groups is 1. The van der Waals surface area contributed by atoms with Crippen LogP contribution < -0.4 is 14.4 Å². The van der Waals surface area contributed by atoms with Gasteiger partial charge >= 0.3 is 12.1 Å². The van der Waals surface area contributed by atoms with Crippen molar-refractivity contribution in [3.05, 3.63) is 35.5 Å². The van der Waals surface area contributed by atoms with Crippen molar-refractivity contribution >= 4 is 22.8 Å². The van der Waals surface area contributed by atoms with Crippen LogP contribution in [0.2, 0.25) is 0 Å². The van der Waals surface area contributed by atoms with Crippen LogP contribution in [0.5, 0.6) is 11.8 Å². The number of halogens is 4. The normalized spacial score (nSPS) is 22.2. The summed E-state index contributed by atoms with van der Waals surface area (Å²) in [6.07, 6.45) is 6.44. The van der Waals surface area contributed by atoms with Gasteiger partial charge in [0.2, 0.25) is 0 Å². The number of methoxy groups -OCH3 is 1. The fraction of sp³-hybridized carbons (Fsp3) is 0.576. The number of amides is 1. The Hall–Kier alpha value is -3.94. The zero-order valence-corrected chi connectivity index (χ0v) is 26.9. The molecule has 0 spiro atoms. The van der Waals surface area contributed by atoms with E-state index in [4.69, 9.17) is 19.2 Å². The van der Waals surface area contributed by atoms with Crippen LogP contribution in [0.15, 0.2) is 12.3 Å². The number of hydrogen-bond donors (Lipinski definition) is 0. The Labute approximate surface area is 270 Å². The van der Waals surface area contributed by atoms with Gasteiger partial charge in [-0.1, -0.05) is 0 Å². The van der Waals surface area contributed by atoms with Crippen molar-refractivity contribution in [3.63, 3.8) is 0 Å². The molecule has 7 rings (SSSR count). The number of aromatic nitrogens is 3. The lowest BCUT2D eigenvalue weighted by molar-refractivity contribution is 0.0122. The summed E-state index contributed by atoms with van der Waals surface area (Å²) in [5, 5.41) is 0.208. The maximum atomic E-state index is 16.5. The number of fused-ring (bicyclic) bond motifs is 4. The molecule has 2 bridgehead atoms. The average Bonchev–Trinajstić information content (AvgIpc) is 3.67. The molecule has 252 valence electrons. The van der Waals surface area contributed by atoms with E-state index in [0.29, 0.717) is 31.6 Å². The van der Waals surface area contributed by atoms with Gasteiger partial charge in [0, 0.05) is 25.4 Å². The first-order valence-corrected chi connectivity index (χ1v) is 16.1. The van der Waals surface area contributed by atoms with Crippen molar-refractivity contribution in [2.75, 3.05) is 44.8 Å². The van der Waals surface area contributed by atoms with Crippen molar-refractivity contribution in [1.82, 2.24) is 24.8 Å². The maximum Gasteiger partial charge on any atom is 0.410 e. The summed E-state index contributed by atoms with van der Waals surface area (Å²) >= 11 is 0. The summed E-state index contributed by atoms with van der Waals surface area (Å²) < 4.78 is 77.7. The third-order valence-electron chi connectivity index (χ3n) is 9.88. The summed E-state index contributed by atoms with van der Waals surface area (Å²) in [4.78, 5) is 32.5. The fourth-order valence-electron chi connectivity index (χ4n) is 7.83. The molecule has 1 aromatic carbocycles. The average molecular weight is 659 g/mol. The van der Waals surface area contributed by atoms with Gasteiger partial charge in [-0.05, 0) is 72.4 Å². The first-order chi connectivity index (χ1) is 22.4. The maximum absolute atomic E-state index is 16.5. The number of hydrogen-bond acceptors (Lipinski definition) is 9. The molecule has 2 aromatic heterocycles. The third kappa shape index (κ3) is 5.47. The Kier molecular flexibility index (Phi) is 7.84. The first-order valence-electron chi connectivity index (χ1n) is 16.1. The molecule has 0 radical (unpaired) electrons. The third-order valence-corrected chi connectivity index (χ3v) is 9.88. The minimum absolute atomic E-state index is 0.0729. The first kappa shape index (κ1) is 31.6. The Bertz CT molecular complexity index is 1710. The molecule has 0 N–H and O–H groups in total. The molecule has 4 fully saturated rings. The van der Waals surface area contributed by atoms with Crippen LogP contribution >= 0.6 is 0 Å². The molecule has 4 aliphatic heterocycles. The van der Waals surface area contributed by atoms with Crippen LogP contribution in [0.3, 0.4) is 0 Å². The monoisotopic (exact) mass is 658 g/mol. The number of benzene rings is 1. The highest BCUT2D eigenvalue weighted by atomic mass is 19.1. The van der Waals surface area contributed by atoms with Gasteiger partial charge in [0.1, 0.15) is 35.1 Å². The predicted octanol–water partition coefficient (Wildman–Crippen LogP) is 5.85. The summed E-state index contributed by atoms with van der Waals surface area (Å²) in [5.41, 5.74) is -2.60. The van der Waals surface area contributed by atoms with Gasteiger partial charge in [0.15, 0.2) is 23.2 Å². The van der Waals surface area contributed by atoms with Crippen molar-refractivity contribution in [3.8, 4) is 23.0 Å². The van der Waals surface area contributed by atoms with Gasteiger partial charge in [0.05, 0.1) is 35.7 Å². The summed E-state index contributed by atoms with van der Waals surface area (Å²) in [7, 11) is 1.03. The van der Waals surface area contributed by atoms with Crippen molar-refractivity contribution in [2.24, 2.45) is 0 Å². The number of piperazine rings is 1. The van der Waals surface area contributed by atoms with E-state index < -0.39 is 45.9 Å². The second-order valence-corrected chi connectivity index (χ2v) is 14.0. The zero-order valence-electron chi connectivity index (χ0n) is 26.9. The van der Waals surface area contributed by atoms with E-state index >= 15 is 13.2 Å². The van der Waals surface area contributed by atoms with Gasteiger partial charge in [-0.2, -0.15) is 9.97 Å². The minimum Gasteiger partial charge on any atom is -0.491 e. The Balaban J connectivity index is 1.29. The van der Waals surface area contributed by atoms with Gasteiger partial charge < -0.3 is 19.1 Å². The molecule has 2 unspecified atom stereocenters. The highest BCUT2D eigenvalue weighted by Crippen LogP contribution is 2.41. The number of pyridine rings is 1. The second kappa shape index (κ2) is 11.6. The number of rotatable bonds is 6. The van der Waals surface area contributed by atoms with E-state index in [9.17, 15) is 9.18 Å². The van der Waals surface area contributed by atoms with E-state index in [0.717, 1.165) is 58.7 Å². The van der Waals surface area contributed by atoms with Gasteiger partial charge in [0.25, 0.3) is 0 Å². The molecule has 6 heterocycles. The predicted molar refractivity (Wildman–Crippen MR) is 165 cm³/mol. The van der Waals surface area contributed by atoms with Crippen LogP contribution in [-0.2, 0) is 4.74 Å². The molecule has 4 saturated heterocycles. The van der Waals surface area contributed by atoms with E-state index in [2.05, 4.69) is 14.9 Å². The second-order valence-electron chi connectivity index (χ2n) is 14.0. The van der Waals surface area contributed by atoms with Crippen molar-refractivity contribution in [1.29, 1.82) is 0 Å². The number of ether oxygens (including phenoxy) is 3. The van der Waals surface area contributed by atoms with Crippen LogP contribution in [0.4, 0.5) is 28.2 Å². The number of nitrogens with zero attached hydrogens (tertiary/aromatic N) is 6. The quantitative estimate of drug-likeness (QED) is 0.303. The van der Waals surface area contributed by atoms with Crippen molar-refractivity contribution in [2.45, 2.75) is 82.5 Å². The molecule has 14 heteroatoms. The molecule has 2 atom stereocenters. The molecule has 3 aromatic rings. The molecule has 0 aliphatic carbocycles. The summed E-state index contributed by atoms with van der Waals surface area (Å²) in [6.45, 7) is 8.53. The minimum atomic E-state index is -1.42. The van der Waals surface area contributed by atoms with Crippen LogP contribution in [0.25, 0.3) is 22.2 Å². The zero-order chi connectivity index (χ0) is 33.2. The molecular weight excluding hydrogens is 620 g/mol. The standard InChI is InChI=1S/C33H38F4N6O4/c1-32(2,3)47-31(44)43-18-7-8-19(43)16-41(15-18)29-20-14-38-27(23-21(34)13-22(35)28(45-4)24(23)36)25(37)26(20)39-30(40-29)46-17-33-9-5-11-42(33)12-6-10-33/h13-14,18-19H,5-12,15-17H2,1-4H3. The van der Waals surface area contributed by atoms with E-state index in [1.54, 1.807) is 4.90 Å².